The Balaban J connectivity index is 0.000000383. The molecule has 0 saturated carbocycles. The van der Waals surface area contributed by atoms with Crippen LogP contribution in [0.3, 0.4) is 0 Å². The minimum Gasteiger partial charge on any atom is -0.475 e. The Kier molecular flexibility index (Phi) is 7.53. The lowest BCUT2D eigenvalue weighted by Gasteiger charge is -2.19. The van der Waals surface area contributed by atoms with Crippen LogP contribution in [0.25, 0.3) is 0 Å². The third-order valence-corrected chi connectivity index (χ3v) is 5.20. The number of hydrogen-bond acceptors (Lipinski definition) is 7. The minimum atomic E-state index is -5.08. The molecule has 2 fully saturated rings. The normalized spacial score (nSPS) is 21.5. The van der Waals surface area contributed by atoms with E-state index in [1.807, 2.05) is 0 Å². The van der Waals surface area contributed by atoms with Crippen molar-refractivity contribution in [2.24, 2.45) is 11.8 Å². The van der Waals surface area contributed by atoms with E-state index in [0.29, 0.717) is 37.5 Å². The van der Waals surface area contributed by atoms with Crippen LogP contribution in [0.15, 0.2) is 43.1 Å². The number of fused-ring (bicyclic) bond motifs is 1. The van der Waals surface area contributed by atoms with Gasteiger partial charge in [-0.1, -0.05) is 0 Å². The molecule has 0 bridgehead atoms. The number of nitrogens with one attached hydrogen (secondary N) is 1. The largest absolute Gasteiger partial charge is 0.490 e. The molecule has 0 aromatic carbocycles. The summed E-state index contributed by atoms with van der Waals surface area (Å²) in [6, 6.07) is 3.46. The summed E-state index contributed by atoms with van der Waals surface area (Å²) >= 11 is 0. The monoisotopic (exact) mass is 467 g/mol. The number of aromatic nitrogens is 3. The van der Waals surface area contributed by atoms with Crippen molar-refractivity contribution in [2.75, 3.05) is 26.2 Å². The van der Waals surface area contributed by atoms with E-state index in [4.69, 9.17) is 14.6 Å². The Morgan fingerprint density at radius 3 is 2.48 bits per heavy atom. The zero-order valence-electron chi connectivity index (χ0n) is 17.1. The maximum absolute atomic E-state index is 12.5. The van der Waals surface area contributed by atoms with Crippen molar-refractivity contribution in [2.45, 2.75) is 12.3 Å². The summed E-state index contributed by atoms with van der Waals surface area (Å²) in [6.07, 6.45) is 2.63. The number of likely N-dealkylation sites (tertiary alicyclic amines) is 1. The number of alkyl halides is 3. The number of carboxylic acid groups (broad SMARTS) is 1. The number of rotatable bonds is 4. The lowest BCUT2D eigenvalue weighted by molar-refractivity contribution is -0.192. The zero-order valence-corrected chi connectivity index (χ0v) is 17.1. The van der Waals surface area contributed by atoms with Gasteiger partial charge in [0.2, 0.25) is 0 Å². The minimum absolute atomic E-state index is 0.0101. The first-order valence-corrected chi connectivity index (χ1v) is 9.82. The van der Waals surface area contributed by atoms with Gasteiger partial charge in [-0.2, -0.15) is 13.2 Å². The predicted octanol–water partition coefficient (Wildman–Crippen LogP) is 1.02. The summed E-state index contributed by atoms with van der Waals surface area (Å²) in [5.74, 6) is -2.64. The van der Waals surface area contributed by atoms with Gasteiger partial charge in [-0.05, 0) is 12.1 Å². The second kappa shape index (κ2) is 10.3. The number of ether oxygens (including phenoxy) is 1. The highest BCUT2D eigenvalue weighted by Crippen LogP contribution is 2.33. The average molecular weight is 467 g/mol. The van der Waals surface area contributed by atoms with Crippen molar-refractivity contribution < 1.29 is 37.4 Å². The van der Waals surface area contributed by atoms with E-state index >= 15 is 0 Å². The van der Waals surface area contributed by atoms with Gasteiger partial charge < -0.3 is 20.1 Å². The average Bonchev–Trinajstić information content (AvgIpc) is 3.39. The zero-order chi connectivity index (χ0) is 24.0. The van der Waals surface area contributed by atoms with E-state index in [9.17, 15) is 22.8 Å². The molecular weight excluding hydrogens is 447 g/mol. The van der Waals surface area contributed by atoms with E-state index in [2.05, 4.69) is 20.3 Å². The van der Waals surface area contributed by atoms with Crippen molar-refractivity contribution in [1.29, 1.82) is 0 Å². The molecular formula is C20H20F3N5O5. The van der Waals surface area contributed by atoms with Gasteiger partial charge in [0.15, 0.2) is 0 Å². The van der Waals surface area contributed by atoms with Gasteiger partial charge in [0.1, 0.15) is 5.69 Å². The molecule has 10 nitrogen and oxygen atoms in total. The molecule has 0 radical (unpaired) electrons. The number of carboxylic acids is 1. The number of nitrogens with zero attached hydrogens (tertiary/aromatic N) is 4. The molecule has 4 heterocycles. The van der Waals surface area contributed by atoms with E-state index in [-0.39, 0.29) is 29.8 Å². The van der Waals surface area contributed by atoms with Crippen molar-refractivity contribution in [3.05, 3.63) is 54.4 Å². The Morgan fingerprint density at radius 2 is 1.88 bits per heavy atom. The lowest BCUT2D eigenvalue weighted by Crippen LogP contribution is -2.35. The summed E-state index contributed by atoms with van der Waals surface area (Å²) < 4.78 is 37.6. The fourth-order valence-electron chi connectivity index (χ4n) is 3.57. The number of pyridine rings is 1. The molecule has 3 atom stereocenters. The highest BCUT2D eigenvalue weighted by Gasteiger charge is 2.45. The third-order valence-electron chi connectivity index (χ3n) is 5.20. The number of carbonyl (C=O) groups excluding carboxylic acids is 2. The Morgan fingerprint density at radius 1 is 1.15 bits per heavy atom. The number of carbonyl (C=O) groups is 3. The number of hydrogen-bond donors (Lipinski definition) is 2. The number of halogens is 3. The van der Waals surface area contributed by atoms with Crippen LogP contribution in [-0.4, -0.2) is 81.3 Å². The van der Waals surface area contributed by atoms with Gasteiger partial charge in [-0.25, -0.2) is 9.78 Å². The predicted molar refractivity (Wildman–Crippen MR) is 105 cm³/mol. The van der Waals surface area contributed by atoms with Crippen LogP contribution >= 0.6 is 0 Å². The van der Waals surface area contributed by atoms with Crippen molar-refractivity contribution in [1.82, 2.24) is 25.2 Å². The Hall–Kier alpha value is -3.61. The quantitative estimate of drug-likeness (QED) is 0.681. The molecule has 2 aliphatic rings. The molecule has 2 amide bonds. The topological polar surface area (TPSA) is 135 Å². The standard InChI is InChI=1S/C18H19N5O3.C2HF3O2/c24-17(12-2-1-3-19-6-12)22-7-13-11-26-16-10-23(9-14(13)16)18(25)15-8-20-4-5-21-15;3-2(4,5)1(6)7/h1-6,8,13-14,16H,7,9-11H2,(H,22,24);(H,6,7)/t13-,14-,16-;/m1./s1. The van der Waals surface area contributed by atoms with E-state index in [1.54, 1.807) is 35.6 Å². The van der Waals surface area contributed by atoms with Gasteiger partial charge >= 0.3 is 12.1 Å². The highest BCUT2D eigenvalue weighted by molar-refractivity contribution is 5.94. The fraction of sp³-hybridized carbons (Fsp3) is 0.400. The van der Waals surface area contributed by atoms with Gasteiger partial charge in [0.25, 0.3) is 11.8 Å². The Bertz CT molecular complexity index is 977. The van der Waals surface area contributed by atoms with Crippen LogP contribution in [0.5, 0.6) is 0 Å². The number of amides is 2. The van der Waals surface area contributed by atoms with Crippen LogP contribution in [0.4, 0.5) is 13.2 Å². The molecule has 2 aliphatic heterocycles. The van der Waals surface area contributed by atoms with Gasteiger partial charge in [-0.15, -0.1) is 0 Å². The van der Waals surface area contributed by atoms with Crippen LogP contribution in [0, 0.1) is 11.8 Å². The summed E-state index contributed by atoms with van der Waals surface area (Å²) in [4.78, 5) is 47.3. The van der Waals surface area contributed by atoms with Crippen LogP contribution in [0.2, 0.25) is 0 Å². The van der Waals surface area contributed by atoms with Crippen LogP contribution in [-0.2, 0) is 9.53 Å². The summed E-state index contributed by atoms with van der Waals surface area (Å²) in [5.41, 5.74) is 0.878. The Labute approximate surface area is 185 Å². The van der Waals surface area contributed by atoms with E-state index in [0.717, 1.165) is 0 Å². The molecule has 2 N–H and O–H groups in total. The molecule has 2 aromatic heterocycles. The maximum Gasteiger partial charge on any atom is 0.490 e. The summed E-state index contributed by atoms with van der Waals surface area (Å²) in [6.45, 7) is 2.26. The van der Waals surface area contributed by atoms with Gasteiger partial charge in [0.05, 0.1) is 24.5 Å². The van der Waals surface area contributed by atoms with E-state index < -0.39 is 12.1 Å². The van der Waals surface area contributed by atoms with Crippen LogP contribution < -0.4 is 5.32 Å². The van der Waals surface area contributed by atoms with Gasteiger partial charge in [0, 0.05) is 56.3 Å². The molecule has 13 heteroatoms. The second-order valence-electron chi connectivity index (χ2n) is 7.35. The summed E-state index contributed by atoms with van der Waals surface area (Å²) in [5, 5.41) is 10.1. The lowest BCUT2D eigenvalue weighted by atomic mass is 9.93. The highest BCUT2D eigenvalue weighted by atomic mass is 19.4. The molecule has 0 unspecified atom stereocenters. The maximum atomic E-state index is 12.5. The van der Waals surface area contributed by atoms with Gasteiger partial charge in [-0.3, -0.25) is 19.6 Å². The smallest absolute Gasteiger partial charge is 0.475 e. The third kappa shape index (κ3) is 6.22. The SMILES string of the molecule is O=C(NC[C@@H]1CO[C@@H]2CN(C(=O)c3cnccn3)C[C@H]12)c1cccnc1.O=C(O)C(F)(F)F. The van der Waals surface area contributed by atoms with Crippen molar-refractivity contribution in [3.63, 3.8) is 0 Å². The van der Waals surface area contributed by atoms with Crippen molar-refractivity contribution >= 4 is 17.8 Å². The molecule has 33 heavy (non-hydrogen) atoms. The van der Waals surface area contributed by atoms with E-state index in [1.165, 1.54) is 12.4 Å². The van der Waals surface area contributed by atoms with Crippen molar-refractivity contribution in [3.8, 4) is 0 Å². The molecule has 0 spiro atoms. The first kappa shape index (κ1) is 24.0. The molecule has 2 saturated heterocycles. The van der Waals surface area contributed by atoms with Crippen LogP contribution in [0.1, 0.15) is 20.8 Å². The fourth-order valence-corrected chi connectivity index (χ4v) is 3.57. The molecule has 176 valence electrons. The molecule has 2 aromatic rings. The molecule has 0 aliphatic carbocycles. The summed E-state index contributed by atoms with van der Waals surface area (Å²) in [7, 11) is 0. The number of aliphatic carboxylic acids is 1. The molecule has 4 rings (SSSR count). The first-order valence-electron chi connectivity index (χ1n) is 9.82. The first-order chi connectivity index (χ1) is 15.7. The second-order valence-corrected chi connectivity index (χ2v) is 7.35.